The van der Waals surface area contributed by atoms with Crippen LogP contribution in [0.2, 0.25) is 0 Å². The minimum absolute atomic E-state index is 0.274. The summed E-state index contributed by atoms with van der Waals surface area (Å²) in [6.07, 6.45) is 1.54. The molecule has 1 saturated heterocycles. The van der Waals surface area contributed by atoms with Crippen LogP contribution in [0.25, 0.3) is 0 Å². The number of methoxy groups -OCH3 is 1. The van der Waals surface area contributed by atoms with Crippen LogP contribution in [0.3, 0.4) is 0 Å². The second kappa shape index (κ2) is 8.78. The molecule has 3 rings (SSSR count). The molecule has 0 aliphatic carbocycles. The Hall–Kier alpha value is -3.02. The van der Waals surface area contributed by atoms with Gasteiger partial charge in [-0.1, -0.05) is 12.1 Å². The molecule has 1 N–H and O–H groups in total. The quantitative estimate of drug-likeness (QED) is 0.770. The predicted molar refractivity (Wildman–Crippen MR) is 109 cm³/mol. The number of aryl methyl sites for hydroxylation is 1. The van der Waals surface area contributed by atoms with E-state index in [9.17, 15) is 9.59 Å². The van der Waals surface area contributed by atoms with Crippen molar-refractivity contribution in [3.63, 3.8) is 0 Å². The summed E-state index contributed by atoms with van der Waals surface area (Å²) in [5.41, 5.74) is 2.95. The molecule has 28 heavy (non-hydrogen) atoms. The van der Waals surface area contributed by atoms with Crippen molar-refractivity contribution in [2.24, 2.45) is 0 Å². The highest BCUT2D eigenvalue weighted by atomic mass is 16.5. The summed E-state index contributed by atoms with van der Waals surface area (Å²) in [7, 11) is 1.34. The predicted octanol–water partition coefficient (Wildman–Crippen LogP) is 3.79. The number of rotatable bonds is 6. The molecule has 6 heteroatoms. The standard InChI is InChI=1S/C22H26N2O4/c1-15-7-6-8-18(13-15)28-16(2)21(25)23-19-14-17(22(26)27-3)9-10-20(19)24-11-4-5-12-24/h6-10,13-14,16H,4-5,11-12H2,1-3H3,(H,23,25). The Bertz CT molecular complexity index is 859. The number of hydrogen-bond donors (Lipinski definition) is 1. The lowest BCUT2D eigenvalue weighted by molar-refractivity contribution is -0.122. The summed E-state index contributed by atoms with van der Waals surface area (Å²) in [5, 5.41) is 2.93. The average molecular weight is 382 g/mol. The number of hydrogen-bond acceptors (Lipinski definition) is 5. The minimum atomic E-state index is -0.685. The molecule has 6 nitrogen and oxygen atoms in total. The third-order valence-electron chi connectivity index (χ3n) is 4.79. The fourth-order valence-electron chi connectivity index (χ4n) is 3.30. The summed E-state index contributed by atoms with van der Waals surface area (Å²) in [4.78, 5) is 26.9. The lowest BCUT2D eigenvalue weighted by Gasteiger charge is -2.23. The number of esters is 1. The monoisotopic (exact) mass is 382 g/mol. The number of carbonyl (C=O) groups is 2. The number of carbonyl (C=O) groups excluding carboxylic acids is 2. The first kappa shape index (κ1) is 19.7. The van der Waals surface area contributed by atoms with Crippen molar-refractivity contribution in [3.05, 3.63) is 53.6 Å². The van der Waals surface area contributed by atoms with Crippen molar-refractivity contribution >= 4 is 23.3 Å². The van der Waals surface area contributed by atoms with Crippen LogP contribution in [-0.2, 0) is 9.53 Å². The molecule has 0 spiro atoms. The highest BCUT2D eigenvalue weighted by molar-refractivity contribution is 5.99. The van der Waals surface area contributed by atoms with Crippen LogP contribution < -0.4 is 15.0 Å². The Labute approximate surface area is 165 Å². The minimum Gasteiger partial charge on any atom is -0.481 e. The van der Waals surface area contributed by atoms with Crippen molar-refractivity contribution in [3.8, 4) is 5.75 Å². The molecule has 2 aromatic carbocycles. The van der Waals surface area contributed by atoms with Gasteiger partial charge in [-0.15, -0.1) is 0 Å². The fourth-order valence-corrected chi connectivity index (χ4v) is 3.30. The van der Waals surface area contributed by atoms with Crippen LogP contribution in [-0.4, -0.2) is 38.2 Å². The molecule has 1 aliphatic rings. The lowest BCUT2D eigenvalue weighted by atomic mass is 10.1. The third-order valence-corrected chi connectivity index (χ3v) is 4.79. The molecule has 0 aromatic heterocycles. The highest BCUT2D eigenvalue weighted by Crippen LogP contribution is 2.30. The molecule has 1 atom stereocenters. The Kier molecular flexibility index (Phi) is 6.19. The van der Waals surface area contributed by atoms with Crippen LogP contribution in [0.1, 0.15) is 35.7 Å². The molecular formula is C22H26N2O4. The molecule has 1 unspecified atom stereocenters. The maximum absolute atomic E-state index is 12.7. The first-order valence-corrected chi connectivity index (χ1v) is 9.49. The number of nitrogens with one attached hydrogen (secondary N) is 1. The Balaban J connectivity index is 1.79. The summed E-state index contributed by atoms with van der Waals surface area (Å²) in [5.74, 6) is -0.0674. The van der Waals surface area contributed by atoms with E-state index >= 15 is 0 Å². The van der Waals surface area contributed by atoms with E-state index in [1.54, 1.807) is 19.1 Å². The Morgan fingerprint density at radius 1 is 1.11 bits per heavy atom. The number of ether oxygens (including phenoxy) is 2. The maximum atomic E-state index is 12.7. The SMILES string of the molecule is COC(=O)c1ccc(N2CCCC2)c(NC(=O)C(C)Oc2cccc(C)c2)c1. The molecule has 0 bridgehead atoms. The molecule has 0 saturated carbocycles. The molecule has 1 fully saturated rings. The van der Waals surface area contributed by atoms with E-state index in [0.29, 0.717) is 17.0 Å². The molecule has 148 valence electrons. The summed E-state index contributed by atoms with van der Waals surface area (Å²) in [6.45, 7) is 5.53. The lowest BCUT2D eigenvalue weighted by Crippen LogP contribution is -2.31. The van der Waals surface area contributed by atoms with Gasteiger partial charge in [0.05, 0.1) is 24.0 Å². The van der Waals surface area contributed by atoms with E-state index in [0.717, 1.165) is 37.2 Å². The normalized spacial score (nSPS) is 14.5. The van der Waals surface area contributed by atoms with Crippen LogP contribution in [0.15, 0.2) is 42.5 Å². The van der Waals surface area contributed by atoms with E-state index in [-0.39, 0.29) is 5.91 Å². The van der Waals surface area contributed by atoms with Crippen molar-refractivity contribution in [2.45, 2.75) is 32.8 Å². The molecule has 1 heterocycles. The highest BCUT2D eigenvalue weighted by Gasteiger charge is 2.21. The first-order valence-electron chi connectivity index (χ1n) is 9.49. The number of anilines is 2. The smallest absolute Gasteiger partial charge is 0.337 e. The van der Waals surface area contributed by atoms with Crippen LogP contribution in [0, 0.1) is 6.92 Å². The van der Waals surface area contributed by atoms with Gasteiger partial charge in [-0.25, -0.2) is 4.79 Å². The van der Waals surface area contributed by atoms with Gasteiger partial charge in [0.25, 0.3) is 5.91 Å². The van der Waals surface area contributed by atoms with Crippen molar-refractivity contribution in [1.29, 1.82) is 0 Å². The first-order chi connectivity index (χ1) is 13.5. The molecule has 1 amide bonds. The van der Waals surface area contributed by atoms with E-state index in [1.165, 1.54) is 7.11 Å². The van der Waals surface area contributed by atoms with Gasteiger partial charge in [-0.2, -0.15) is 0 Å². The number of nitrogens with zero attached hydrogens (tertiary/aromatic N) is 1. The van der Waals surface area contributed by atoms with Crippen LogP contribution >= 0.6 is 0 Å². The van der Waals surface area contributed by atoms with Crippen LogP contribution in [0.4, 0.5) is 11.4 Å². The number of benzene rings is 2. The van der Waals surface area contributed by atoms with Crippen molar-refractivity contribution < 1.29 is 19.1 Å². The van der Waals surface area contributed by atoms with Gasteiger partial charge < -0.3 is 19.7 Å². The van der Waals surface area contributed by atoms with E-state index in [4.69, 9.17) is 9.47 Å². The van der Waals surface area contributed by atoms with Crippen molar-refractivity contribution in [2.75, 3.05) is 30.4 Å². The third kappa shape index (κ3) is 4.63. The van der Waals surface area contributed by atoms with Gasteiger partial charge in [0, 0.05) is 13.1 Å². The van der Waals surface area contributed by atoms with Crippen LogP contribution in [0.5, 0.6) is 5.75 Å². The number of amides is 1. The summed E-state index contributed by atoms with van der Waals surface area (Å²) < 4.78 is 10.6. The maximum Gasteiger partial charge on any atom is 0.337 e. The molecule has 1 aliphatic heterocycles. The average Bonchev–Trinajstić information content (AvgIpc) is 3.21. The van der Waals surface area contributed by atoms with Gasteiger partial charge in [-0.3, -0.25) is 4.79 Å². The Morgan fingerprint density at radius 2 is 1.86 bits per heavy atom. The molecule has 0 radical (unpaired) electrons. The van der Waals surface area contributed by atoms with E-state index < -0.39 is 12.1 Å². The fraction of sp³-hybridized carbons (Fsp3) is 0.364. The zero-order valence-corrected chi connectivity index (χ0v) is 16.5. The molecule has 2 aromatic rings. The van der Waals surface area contributed by atoms with Gasteiger partial charge >= 0.3 is 5.97 Å². The van der Waals surface area contributed by atoms with Gasteiger partial charge in [0.15, 0.2) is 6.10 Å². The van der Waals surface area contributed by atoms with Gasteiger partial charge in [0.1, 0.15) is 5.75 Å². The topological polar surface area (TPSA) is 67.9 Å². The zero-order chi connectivity index (χ0) is 20.1. The van der Waals surface area contributed by atoms with Gasteiger partial charge in [-0.05, 0) is 62.6 Å². The second-order valence-corrected chi connectivity index (χ2v) is 6.98. The van der Waals surface area contributed by atoms with E-state index in [1.807, 2.05) is 37.3 Å². The molecular weight excluding hydrogens is 356 g/mol. The van der Waals surface area contributed by atoms with Crippen molar-refractivity contribution in [1.82, 2.24) is 0 Å². The van der Waals surface area contributed by atoms with Gasteiger partial charge in [0.2, 0.25) is 0 Å². The zero-order valence-electron chi connectivity index (χ0n) is 16.5. The van der Waals surface area contributed by atoms with E-state index in [2.05, 4.69) is 10.2 Å². The summed E-state index contributed by atoms with van der Waals surface area (Å²) >= 11 is 0. The second-order valence-electron chi connectivity index (χ2n) is 6.98. The largest absolute Gasteiger partial charge is 0.481 e. The Morgan fingerprint density at radius 3 is 2.54 bits per heavy atom. The summed E-state index contributed by atoms with van der Waals surface area (Å²) in [6, 6.07) is 12.8.